The molecule has 26 heavy (non-hydrogen) atoms. The first-order valence-electron chi connectivity index (χ1n) is 7.52. The van der Waals surface area contributed by atoms with Crippen molar-refractivity contribution < 1.29 is 23.5 Å². The highest BCUT2D eigenvalue weighted by atomic mass is 35.5. The predicted octanol–water partition coefficient (Wildman–Crippen LogP) is 2.98. The third-order valence-electron chi connectivity index (χ3n) is 3.32. The van der Waals surface area contributed by atoms with E-state index in [0.717, 1.165) is 6.07 Å². The van der Waals surface area contributed by atoms with Crippen LogP contribution in [-0.4, -0.2) is 43.4 Å². The smallest absolute Gasteiger partial charge is 0.343 e. The van der Waals surface area contributed by atoms with Crippen molar-refractivity contribution in [3.8, 4) is 0 Å². The molecule has 0 aliphatic carbocycles. The number of esters is 1. The molecule has 0 radical (unpaired) electrons. The normalized spacial score (nSPS) is 10.2. The van der Waals surface area contributed by atoms with E-state index in [0.29, 0.717) is 11.3 Å². The standard InChI is InChI=1S/C18H16ClFN2O4/c1-22(2)17(24)11-6-8-12(9-7-11)21-15(23)10-26-18(25)16-13(19)4-3-5-14(16)20/h3-9H,10H2,1-2H3,(H,21,23). The van der Waals surface area contributed by atoms with Gasteiger partial charge in [0.2, 0.25) is 0 Å². The Labute approximate surface area is 154 Å². The van der Waals surface area contributed by atoms with Crippen LogP contribution in [0.3, 0.4) is 0 Å². The van der Waals surface area contributed by atoms with Gasteiger partial charge in [-0.3, -0.25) is 9.59 Å². The molecule has 0 aromatic heterocycles. The van der Waals surface area contributed by atoms with E-state index in [1.807, 2.05) is 0 Å². The molecule has 6 nitrogen and oxygen atoms in total. The quantitative estimate of drug-likeness (QED) is 0.811. The molecule has 0 heterocycles. The molecule has 0 bridgehead atoms. The molecule has 0 unspecified atom stereocenters. The summed E-state index contributed by atoms with van der Waals surface area (Å²) in [6.45, 7) is -0.609. The minimum atomic E-state index is -1.03. The number of hydrogen-bond acceptors (Lipinski definition) is 4. The van der Waals surface area contributed by atoms with E-state index in [1.54, 1.807) is 38.4 Å². The monoisotopic (exact) mass is 378 g/mol. The number of rotatable bonds is 5. The van der Waals surface area contributed by atoms with Gasteiger partial charge in [-0.15, -0.1) is 0 Å². The fraction of sp³-hybridized carbons (Fsp3) is 0.167. The molecule has 0 atom stereocenters. The fourth-order valence-electron chi connectivity index (χ4n) is 2.05. The maximum Gasteiger partial charge on any atom is 0.343 e. The van der Waals surface area contributed by atoms with Gasteiger partial charge in [0, 0.05) is 25.3 Å². The van der Waals surface area contributed by atoms with E-state index in [9.17, 15) is 18.8 Å². The number of carbonyl (C=O) groups is 3. The van der Waals surface area contributed by atoms with Crippen molar-refractivity contribution in [3.05, 3.63) is 64.4 Å². The van der Waals surface area contributed by atoms with Gasteiger partial charge in [0.15, 0.2) is 6.61 Å². The lowest BCUT2D eigenvalue weighted by atomic mass is 10.2. The van der Waals surface area contributed by atoms with Gasteiger partial charge in [-0.1, -0.05) is 17.7 Å². The Hall–Kier alpha value is -2.93. The van der Waals surface area contributed by atoms with Crippen LogP contribution in [0.2, 0.25) is 5.02 Å². The average Bonchev–Trinajstić information content (AvgIpc) is 2.59. The Kier molecular flexibility index (Phi) is 6.30. The molecule has 0 fully saturated rings. The molecule has 0 saturated heterocycles. The molecule has 0 aliphatic heterocycles. The lowest BCUT2D eigenvalue weighted by molar-refractivity contribution is -0.119. The van der Waals surface area contributed by atoms with Crippen LogP contribution in [0, 0.1) is 5.82 Å². The van der Waals surface area contributed by atoms with E-state index in [-0.39, 0.29) is 10.9 Å². The highest BCUT2D eigenvalue weighted by Gasteiger charge is 2.18. The number of anilines is 1. The van der Waals surface area contributed by atoms with Crippen LogP contribution in [-0.2, 0) is 9.53 Å². The van der Waals surface area contributed by atoms with Crippen LogP contribution < -0.4 is 5.32 Å². The molecular weight excluding hydrogens is 363 g/mol. The Morgan fingerprint density at radius 3 is 2.35 bits per heavy atom. The molecule has 1 N–H and O–H groups in total. The van der Waals surface area contributed by atoms with E-state index in [4.69, 9.17) is 16.3 Å². The van der Waals surface area contributed by atoms with Gasteiger partial charge < -0.3 is 15.0 Å². The molecule has 2 aromatic carbocycles. The Morgan fingerprint density at radius 2 is 1.77 bits per heavy atom. The summed E-state index contributed by atoms with van der Waals surface area (Å²) in [5, 5.41) is 2.41. The van der Waals surface area contributed by atoms with Gasteiger partial charge in [-0.05, 0) is 36.4 Å². The number of amides is 2. The van der Waals surface area contributed by atoms with Crippen molar-refractivity contribution in [2.45, 2.75) is 0 Å². The van der Waals surface area contributed by atoms with Gasteiger partial charge in [-0.25, -0.2) is 9.18 Å². The molecule has 2 aromatic rings. The summed E-state index contributed by atoms with van der Waals surface area (Å²) in [6.07, 6.45) is 0. The molecule has 0 spiro atoms. The molecule has 0 aliphatic rings. The number of hydrogen-bond donors (Lipinski definition) is 1. The van der Waals surface area contributed by atoms with Crippen LogP contribution in [0.1, 0.15) is 20.7 Å². The number of ether oxygens (including phenoxy) is 1. The van der Waals surface area contributed by atoms with Gasteiger partial charge in [0.05, 0.1) is 5.02 Å². The lowest BCUT2D eigenvalue weighted by Crippen LogP contribution is -2.22. The third-order valence-corrected chi connectivity index (χ3v) is 3.64. The second-order valence-corrected chi connectivity index (χ2v) is 5.91. The summed E-state index contributed by atoms with van der Waals surface area (Å²) >= 11 is 5.76. The number of nitrogens with zero attached hydrogens (tertiary/aromatic N) is 1. The minimum Gasteiger partial charge on any atom is -0.452 e. The second-order valence-electron chi connectivity index (χ2n) is 5.50. The van der Waals surface area contributed by atoms with Crippen molar-refractivity contribution in [3.63, 3.8) is 0 Å². The van der Waals surface area contributed by atoms with Gasteiger partial charge in [-0.2, -0.15) is 0 Å². The first-order valence-corrected chi connectivity index (χ1v) is 7.90. The van der Waals surface area contributed by atoms with E-state index >= 15 is 0 Å². The summed E-state index contributed by atoms with van der Waals surface area (Å²) in [6, 6.07) is 9.98. The van der Waals surface area contributed by atoms with E-state index in [2.05, 4.69) is 5.32 Å². The van der Waals surface area contributed by atoms with Crippen LogP contribution in [0.15, 0.2) is 42.5 Å². The van der Waals surface area contributed by atoms with Crippen molar-refractivity contribution in [1.82, 2.24) is 4.90 Å². The maximum absolute atomic E-state index is 13.6. The summed E-state index contributed by atoms with van der Waals surface area (Å²) < 4.78 is 18.4. The highest BCUT2D eigenvalue weighted by Crippen LogP contribution is 2.19. The summed E-state index contributed by atoms with van der Waals surface area (Å²) in [5.74, 6) is -2.64. The maximum atomic E-state index is 13.6. The number of benzene rings is 2. The Morgan fingerprint density at radius 1 is 1.12 bits per heavy atom. The third kappa shape index (κ3) is 4.80. The zero-order valence-corrected chi connectivity index (χ0v) is 14.8. The zero-order valence-electron chi connectivity index (χ0n) is 14.1. The van der Waals surface area contributed by atoms with Crippen LogP contribution >= 0.6 is 11.6 Å². The van der Waals surface area contributed by atoms with E-state index < -0.39 is 29.9 Å². The Balaban J connectivity index is 1.93. The summed E-state index contributed by atoms with van der Waals surface area (Å²) in [4.78, 5) is 36.9. The molecule has 0 saturated carbocycles. The molecule has 136 valence electrons. The van der Waals surface area contributed by atoms with E-state index in [1.165, 1.54) is 17.0 Å². The van der Waals surface area contributed by atoms with Crippen molar-refractivity contribution in [2.75, 3.05) is 26.0 Å². The molecule has 2 rings (SSSR count). The SMILES string of the molecule is CN(C)C(=O)c1ccc(NC(=O)COC(=O)c2c(F)cccc2Cl)cc1. The fourth-order valence-corrected chi connectivity index (χ4v) is 2.29. The van der Waals surface area contributed by atoms with Crippen LogP contribution in [0.5, 0.6) is 0 Å². The second kappa shape index (κ2) is 8.44. The van der Waals surface area contributed by atoms with Gasteiger partial charge >= 0.3 is 5.97 Å². The molecule has 2 amide bonds. The Bertz CT molecular complexity index is 817. The average molecular weight is 379 g/mol. The summed E-state index contributed by atoms with van der Waals surface area (Å²) in [7, 11) is 3.27. The topological polar surface area (TPSA) is 75.7 Å². The first-order chi connectivity index (χ1) is 12.3. The van der Waals surface area contributed by atoms with Crippen LogP contribution in [0.4, 0.5) is 10.1 Å². The zero-order chi connectivity index (χ0) is 19.3. The van der Waals surface area contributed by atoms with Gasteiger partial charge in [0.1, 0.15) is 11.4 Å². The predicted molar refractivity (Wildman–Crippen MR) is 94.8 cm³/mol. The number of halogens is 2. The first kappa shape index (κ1) is 19.4. The van der Waals surface area contributed by atoms with Crippen LogP contribution in [0.25, 0.3) is 0 Å². The largest absolute Gasteiger partial charge is 0.452 e. The number of carbonyl (C=O) groups excluding carboxylic acids is 3. The number of nitrogens with one attached hydrogen (secondary N) is 1. The van der Waals surface area contributed by atoms with Crippen molar-refractivity contribution >= 4 is 35.1 Å². The molecular formula is C18H16ClFN2O4. The molecule has 8 heteroatoms. The highest BCUT2D eigenvalue weighted by molar-refractivity contribution is 6.33. The van der Waals surface area contributed by atoms with Crippen molar-refractivity contribution in [1.29, 1.82) is 0 Å². The van der Waals surface area contributed by atoms with Crippen molar-refractivity contribution in [2.24, 2.45) is 0 Å². The lowest BCUT2D eigenvalue weighted by Gasteiger charge is -2.11. The minimum absolute atomic E-state index is 0.100. The van der Waals surface area contributed by atoms with Gasteiger partial charge in [0.25, 0.3) is 11.8 Å². The summed E-state index contributed by atoms with van der Waals surface area (Å²) in [5.41, 5.74) is 0.465.